The van der Waals surface area contributed by atoms with Crippen molar-refractivity contribution in [3.63, 3.8) is 0 Å². The molecule has 2 aromatic rings. The Morgan fingerprint density at radius 3 is 2.62 bits per heavy atom. The van der Waals surface area contributed by atoms with Gasteiger partial charge in [0.25, 0.3) is 5.91 Å². The van der Waals surface area contributed by atoms with Crippen LogP contribution in [0.2, 0.25) is 0 Å². The van der Waals surface area contributed by atoms with E-state index in [1.807, 2.05) is 6.92 Å². The third-order valence-electron chi connectivity index (χ3n) is 2.38. The standard InChI is InChI=1S/C14H14FN3O3/c1-2-20-14-16-7-10(8-17-14)18-13(19)9-21-12-6-4-3-5-11(12)15/h3-8H,2,9H2,1H3,(H,18,19). The average molecular weight is 291 g/mol. The van der Waals surface area contributed by atoms with Crippen LogP contribution in [0.25, 0.3) is 0 Å². The number of nitrogens with one attached hydrogen (secondary N) is 1. The van der Waals surface area contributed by atoms with Gasteiger partial charge in [0, 0.05) is 0 Å². The lowest BCUT2D eigenvalue weighted by atomic mass is 10.3. The molecule has 0 aliphatic carbocycles. The number of benzene rings is 1. The fourth-order valence-corrected chi connectivity index (χ4v) is 1.49. The Morgan fingerprint density at radius 2 is 1.95 bits per heavy atom. The molecule has 1 aromatic heterocycles. The first-order valence-corrected chi connectivity index (χ1v) is 6.31. The van der Waals surface area contributed by atoms with Gasteiger partial charge in [0.1, 0.15) is 0 Å². The van der Waals surface area contributed by atoms with Gasteiger partial charge in [-0.3, -0.25) is 4.79 Å². The van der Waals surface area contributed by atoms with Gasteiger partial charge in [0.15, 0.2) is 18.2 Å². The summed E-state index contributed by atoms with van der Waals surface area (Å²) < 4.78 is 23.5. The highest BCUT2D eigenvalue weighted by atomic mass is 19.1. The van der Waals surface area contributed by atoms with E-state index >= 15 is 0 Å². The molecule has 0 bridgehead atoms. The summed E-state index contributed by atoms with van der Waals surface area (Å²) in [4.78, 5) is 19.5. The number of carbonyl (C=O) groups excluding carboxylic acids is 1. The van der Waals surface area contributed by atoms with Crippen LogP contribution in [-0.2, 0) is 4.79 Å². The van der Waals surface area contributed by atoms with Crippen molar-refractivity contribution in [1.29, 1.82) is 0 Å². The molecule has 0 saturated carbocycles. The van der Waals surface area contributed by atoms with Crippen molar-refractivity contribution >= 4 is 11.6 Å². The summed E-state index contributed by atoms with van der Waals surface area (Å²) in [5.74, 6) is -0.934. The number of hydrogen-bond donors (Lipinski definition) is 1. The molecular formula is C14H14FN3O3. The van der Waals surface area contributed by atoms with Crippen LogP contribution in [0.15, 0.2) is 36.7 Å². The summed E-state index contributed by atoms with van der Waals surface area (Å²) in [6.07, 6.45) is 2.83. The predicted octanol–water partition coefficient (Wildman–Crippen LogP) is 2.03. The minimum absolute atomic E-state index is 0.0237. The molecule has 0 saturated heterocycles. The van der Waals surface area contributed by atoms with Gasteiger partial charge in [-0.15, -0.1) is 0 Å². The molecule has 7 heteroatoms. The number of ether oxygens (including phenoxy) is 2. The topological polar surface area (TPSA) is 73.3 Å². The number of hydrogen-bond acceptors (Lipinski definition) is 5. The van der Waals surface area contributed by atoms with E-state index in [0.717, 1.165) is 0 Å². The molecule has 6 nitrogen and oxygen atoms in total. The molecule has 0 unspecified atom stereocenters. The van der Waals surface area contributed by atoms with Crippen molar-refractivity contribution in [2.24, 2.45) is 0 Å². The van der Waals surface area contributed by atoms with Crippen molar-refractivity contribution in [2.75, 3.05) is 18.5 Å². The summed E-state index contributed by atoms with van der Waals surface area (Å²) in [5.41, 5.74) is 0.403. The maximum Gasteiger partial charge on any atom is 0.316 e. The Morgan fingerprint density at radius 1 is 1.24 bits per heavy atom. The number of carbonyl (C=O) groups is 1. The van der Waals surface area contributed by atoms with Gasteiger partial charge in [-0.1, -0.05) is 12.1 Å². The fourth-order valence-electron chi connectivity index (χ4n) is 1.49. The summed E-state index contributed by atoms with van der Waals surface area (Å²) in [7, 11) is 0. The number of para-hydroxylation sites is 1. The van der Waals surface area contributed by atoms with E-state index in [4.69, 9.17) is 9.47 Å². The zero-order valence-electron chi connectivity index (χ0n) is 11.4. The van der Waals surface area contributed by atoms with Gasteiger partial charge in [0.05, 0.1) is 24.7 Å². The van der Waals surface area contributed by atoms with Gasteiger partial charge in [-0.05, 0) is 19.1 Å². The molecule has 0 atom stereocenters. The Labute approximate surface area is 120 Å². The monoisotopic (exact) mass is 291 g/mol. The lowest BCUT2D eigenvalue weighted by molar-refractivity contribution is -0.118. The minimum Gasteiger partial charge on any atom is -0.481 e. The van der Waals surface area contributed by atoms with Gasteiger partial charge in [-0.25, -0.2) is 14.4 Å². The second-order valence-corrected chi connectivity index (χ2v) is 3.95. The SMILES string of the molecule is CCOc1ncc(NC(=O)COc2ccccc2F)cn1. The fraction of sp³-hybridized carbons (Fsp3) is 0.214. The molecule has 21 heavy (non-hydrogen) atoms. The van der Waals surface area contributed by atoms with Crippen molar-refractivity contribution in [3.8, 4) is 11.8 Å². The molecule has 1 heterocycles. The van der Waals surface area contributed by atoms with Gasteiger partial charge >= 0.3 is 6.01 Å². The van der Waals surface area contributed by atoms with Crippen molar-refractivity contribution in [3.05, 3.63) is 42.5 Å². The van der Waals surface area contributed by atoms with Crippen LogP contribution in [0.3, 0.4) is 0 Å². The Hall–Kier alpha value is -2.70. The van der Waals surface area contributed by atoms with Gasteiger partial charge in [0.2, 0.25) is 0 Å². The van der Waals surface area contributed by atoms with E-state index in [9.17, 15) is 9.18 Å². The third kappa shape index (κ3) is 4.41. The molecule has 1 N–H and O–H groups in total. The number of amides is 1. The van der Waals surface area contributed by atoms with E-state index in [1.165, 1.54) is 24.5 Å². The predicted molar refractivity (Wildman–Crippen MR) is 73.7 cm³/mol. The van der Waals surface area contributed by atoms with Crippen molar-refractivity contribution in [1.82, 2.24) is 9.97 Å². The highest BCUT2D eigenvalue weighted by Crippen LogP contribution is 2.15. The van der Waals surface area contributed by atoms with Crippen LogP contribution in [0.4, 0.5) is 10.1 Å². The van der Waals surface area contributed by atoms with Gasteiger partial charge in [-0.2, -0.15) is 0 Å². The lowest BCUT2D eigenvalue weighted by Crippen LogP contribution is -2.20. The van der Waals surface area contributed by atoms with E-state index in [2.05, 4.69) is 15.3 Å². The molecule has 1 amide bonds. The van der Waals surface area contributed by atoms with E-state index < -0.39 is 11.7 Å². The summed E-state index contributed by atoms with van der Waals surface area (Å²) in [5, 5.41) is 2.53. The minimum atomic E-state index is -0.519. The highest BCUT2D eigenvalue weighted by Gasteiger charge is 2.07. The molecule has 0 fully saturated rings. The van der Waals surface area contributed by atoms with E-state index in [-0.39, 0.29) is 18.4 Å². The molecule has 0 aliphatic rings. The van der Waals surface area contributed by atoms with E-state index in [0.29, 0.717) is 12.3 Å². The molecule has 2 rings (SSSR count). The van der Waals surface area contributed by atoms with Crippen molar-refractivity contribution in [2.45, 2.75) is 6.92 Å². The molecule has 0 radical (unpaired) electrons. The molecule has 110 valence electrons. The smallest absolute Gasteiger partial charge is 0.316 e. The second kappa shape index (κ2) is 7.18. The Bertz CT molecular complexity index is 605. The van der Waals surface area contributed by atoms with Gasteiger partial charge < -0.3 is 14.8 Å². The number of anilines is 1. The highest BCUT2D eigenvalue weighted by molar-refractivity contribution is 5.91. The van der Waals surface area contributed by atoms with Crippen LogP contribution < -0.4 is 14.8 Å². The third-order valence-corrected chi connectivity index (χ3v) is 2.38. The quantitative estimate of drug-likeness (QED) is 0.881. The Balaban J connectivity index is 1.85. The second-order valence-electron chi connectivity index (χ2n) is 3.95. The van der Waals surface area contributed by atoms with E-state index in [1.54, 1.807) is 12.1 Å². The molecule has 0 spiro atoms. The summed E-state index contributed by atoms with van der Waals surface area (Å²) in [6.45, 7) is 1.97. The first-order valence-electron chi connectivity index (χ1n) is 6.31. The normalized spacial score (nSPS) is 10.0. The van der Waals surface area contributed by atoms with Crippen LogP contribution in [-0.4, -0.2) is 29.1 Å². The first kappa shape index (κ1) is 14.7. The van der Waals surface area contributed by atoms with Crippen LogP contribution in [0.1, 0.15) is 6.92 Å². The lowest BCUT2D eigenvalue weighted by Gasteiger charge is -2.08. The molecule has 1 aromatic carbocycles. The maximum atomic E-state index is 13.3. The van der Waals surface area contributed by atoms with Crippen LogP contribution >= 0.6 is 0 Å². The number of halogens is 1. The number of nitrogens with zero attached hydrogens (tertiary/aromatic N) is 2. The number of rotatable bonds is 6. The van der Waals surface area contributed by atoms with Crippen molar-refractivity contribution < 1.29 is 18.7 Å². The summed E-state index contributed by atoms with van der Waals surface area (Å²) in [6, 6.07) is 6.10. The zero-order chi connectivity index (χ0) is 15.1. The maximum absolute atomic E-state index is 13.3. The first-order chi connectivity index (χ1) is 10.2. The molecular weight excluding hydrogens is 277 g/mol. The largest absolute Gasteiger partial charge is 0.481 e. The summed E-state index contributed by atoms with van der Waals surface area (Å²) >= 11 is 0. The van der Waals surface area contributed by atoms with Crippen LogP contribution in [0, 0.1) is 5.82 Å². The number of aromatic nitrogens is 2. The van der Waals surface area contributed by atoms with Crippen LogP contribution in [0.5, 0.6) is 11.8 Å². The average Bonchev–Trinajstić information content (AvgIpc) is 2.49. The zero-order valence-corrected chi connectivity index (χ0v) is 11.4. The Kier molecular flexibility index (Phi) is 5.03. The molecule has 0 aliphatic heterocycles.